The fourth-order valence-corrected chi connectivity index (χ4v) is 2.37. The minimum absolute atomic E-state index is 0.198. The Balaban J connectivity index is 0.000000300. The summed E-state index contributed by atoms with van der Waals surface area (Å²) in [7, 11) is 1.14. The lowest BCUT2D eigenvalue weighted by Crippen LogP contribution is -2.06. The summed E-state index contributed by atoms with van der Waals surface area (Å²) in [6.07, 6.45) is -9.34. The van der Waals surface area contributed by atoms with Crippen LogP contribution in [0.15, 0.2) is 30.3 Å². The van der Waals surface area contributed by atoms with Crippen molar-refractivity contribution in [1.29, 1.82) is 0 Å². The summed E-state index contributed by atoms with van der Waals surface area (Å²) in [6.45, 7) is 0. The zero-order valence-corrected chi connectivity index (χ0v) is 16.6. The molecule has 0 aromatic heterocycles. The highest BCUT2D eigenvalue weighted by atomic mass is 127. The highest BCUT2D eigenvalue weighted by Crippen LogP contribution is 2.38. The number of non-ortho nitro benzene ring substituents is 1. The molecule has 0 spiro atoms. The van der Waals surface area contributed by atoms with Gasteiger partial charge in [0.05, 0.1) is 34.1 Å². The third-order valence-electron chi connectivity index (χ3n) is 3.22. The fraction of sp³-hybridized carbons (Fsp3) is 0.200. The summed E-state index contributed by atoms with van der Waals surface area (Å²) >= 11 is 1.41. The molecule has 0 amide bonds. The predicted molar refractivity (Wildman–Crippen MR) is 97.1 cm³/mol. The van der Waals surface area contributed by atoms with E-state index in [0.29, 0.717) is 24.3 Å². The second kappa shape index (κ2) is 9.31. The SMILES string of the molecule is COc1cc([N+](=O)[O-])cc(C(F)(F)F)c1.O=[N+]([O-])c1cc(C(F)(F)F)cc(O)c1I. The number of phenolic OH excluding ortho intramolecular Hbond substituents is 1. The Kier molecular flexibility index (Phi) is 7.82. The average molecular weight is 554 g/mol. The highest BCUT2D eigenvalue weighted by molar-refractivity contribution is 14.1. The van der Waals surface area contributed by atoms with Crippen LogP contribution in [0, 0.1) is 23.8 Å². The molecule has 0 atom stereocenters. The van der Waals surface area contributed by atoms with Gasteiger partial charge < -0.3 is 9.84 Å². The monoisotopic (exact) mass is 554 g/mol. The number of nitro benzene ring substituents is 2. The van der Waals surface area contributed by atoms with Crippen LogP contribution in [0.25, 0.3) is 0 Å². The van der Waals surface area contributed by atoms with Crippen molar-refractivity contribution >= 4 is 34.0 Å². The smallest absolute Gasteiger partial charge is 0.416 e. The van der Waals surface area contributed by atoms with E-state index in [1.54, 1.807) is 0 Å². The van der Waals surface area contributed by atoms with Gasteiger partial charge in [-0.05, 0) is 34.7 Å². The standard InChI is InChI=1S/C8H6F3NO3.C7H3F3INO3/c1-15-7-3-5(8(9,10)11)2-6(4-7)12(13)14;8-7(9,10)3-1-4(12(14)15)6(11)5(13)2-3/h2-4H,1H3;1-2,13H. The van der Waals surface area contributed by atoms with E-state index in [9.17, 15) is 46.6 Å². The van der Waals surface area contributed by atoms with Crippen molar-refractivity contribution < 1.29 is 46.0 Å². The van der Waals surface area contributed by atoms with Gasteiger partial charge in [0.15, 0.2) is 0 Å². The Labute approximate surface area is 176 Å². The van der Waals surface area contributed by atoms with Gasteiger partial charge in [0.25, 0.3) is 11.4 Å². The lowest BCUT2D eigenvalue weighted by atomic mass is 10.2. The highest BCUT2D eigenvalue weighted by Gasteiger charge is 2.34. The van der Waals surface area contributed by atoms with Crippen molar-refractivity contribution in [2.75, 3.05) is 7.11 Å². The number of hydrogen-bond acceptors (Lipinski definition) is 6. The van der Waals surface area contributed by atoms with E-state index in [4.69, 9.17) is 5.11 Å². The maximum Gasteiger partial charge on any atom is 0.416 e. The van der Waals surface area contributed by atoms with E-state index in [2.05, 4.69) is 4.74 Å². The Hall–Kier alpha value is -2.85. The van der Waals surface area contributed by atoms with Crippen LogP contribution in [0.2, 0.25) is 0 Å². The number of nitro groups is 2. The summed E-state index contributed by atoms with van der Waals surface area (Å²) < 4.78 is 77.7. The molecule has 0 bridgehead atoms. The third-order valence-corrected chi connectivity index (χ3v) is 4.33. The van der Waals surface area contributed by atoms with E-state index >= 15 is 0 Å². The summed E-state index contributed by atoms with van der Waals surface area (Å²) in [5, 5.41) is 29.8. The van der Waals surface area contributed by atoms with E-state index in [1.807, 2.05) is 0 Å². The van der Waals surface area contributed by atoms with E-state index in [1.165, 1.54) is 22.6 Å². The molecule has 8 nitrogen and oxygen atoms in total. The first kappa shape index (κ1) is 25.2. The topological polar surface area (TPSA) is 116 Å². The Bertz CT molecular complexity index is 964. The van der Waals surface area contributed by atoms with Gasteiger partial charge in [-0.1, -0.05) is 0 Å². The minimum atomic E-state index is -4.72. The van der Waals surface area contributed by atoms with Gasteiger partial charge in [-0.2, -0.15) is 26.3 Å². The van der Waals surface area contributed by atoms with E-state index in [-0.39, 0.29) is 9.32 Å². The number of hydrogen-bond donors (Lipinski definition) is 1. The van der Waals surface area contributed by atoms with Crippen molar-refractivity contribution in [3.8, 4) is 11.5 Å². The van der Waals surface area contributed by atoms with Crippen LogP contribution in [0.1, 0.15) is 11.1 Å². The Morgan fingerprint density at radius 2 is 1.40 bits per heavy atom. The molecule has 164 valence electrons. The molecule has 0 aliphatic carbocycles. The summed E-state index contributed by atoms with van der Waals surface area (Å²) in [6, 6.07) is 2.93. The zero-order chi connectivity index (χ0) is 23.4. The normalized spacial score (nSPS) is 11.3. The first-order chi connectivity index (χ1) is 13.6. The van der Waals surface area contributed by atoms with E-state index < -0.39 is 50.5 Å². The number of rotatable bonds is 3. The lowest BCUT2D eigenvalue weighted by Gasteiger charge is -2.08. The van der Waals surface area contributed by atoms with Crippen LogP contribution in [-0.2, 0) is 12.4 Å². The van der Waals surface area contributed by atoms with Crippen molar-refractivity contribution in [2.45, 2.75) is 12.4 Å². The van der Waals surface area contributed by atoms with Gasteiger partial charge in [0.1, 0.15) is 15.1 Å². The summed E-state index contributed by atoms with van der Waals surface area (Å²) in [5.41, 5.74) is -3.76. The van der Waals surface area contributed by atoms with Gasteiger partial charge >= 0.3 is 12.4 Å². The number of ether oxygens (including phenoxy) is 1. The quantitative estimate of drug-likeness (QED) is 0.231. The first-order valence-corrected chi connectivity index (χ1v) is 8.30. The maximum atomic E-state index is 12.3. The predicted octanol–water partition coefficient (Wildman–Crippen LogP) is 5.55. The number of methoxy groups -OCH3 is 1. The second-order valence-corrected chi connectivity index (χ2v) is 6.34. The number of benzene rings is 2. The molecule has 0 fully saturated rings. The number of phenols is 1. The van der Waals surface area contributed by atoms with Crippen LogP contribution >= 0.6 is 22.6 Å². The molecule has 2 aromatic carbocycles. The van der Waals surface area contributed by atoms with Gasteiger partial charge in [0.2, 0.25) is 0 Å². The van der Waals surface area contributed by atoms with Crippen LogP contribution in [0.5, 0.6) is 11.5 Å². The van der Waals surface area contributed by atoms with Crippen LogP contribution < -0.4 is 4.74 Å². The molecule has 15 heteroatoms. The molecule has 2 rings (SSSR count). The molecule has 0 unspecified atom stereocenters. The van der Waals surface area contributed by atoms with Crippen molar-refractivity contribution in [1.82, 2.24) is 0 Å². The number of nitrogens with zero attached hydrogens (tertiary/aromatic N) is 2. The zero-order valence-electron chi connectivity index (χ0n) is 14.4. The fourth-order valence-electron chi connectivity index (χ4n) is 1.86. The van der Waals surface area contributed by atoms with Gasteiger partial charge in [-0.3, -0.25) is 20.2 Å². The summed E-state index contributed by atoms with van der Waals surface area (Å²) in [4.78, 5) is 18.8. The van der Waals surface area contributed by atoms with Crippen molar-refractivity contribution in [2.24, 2.45) is 0 Å². The van der Waals surface area contributed by atoms with Crippen molar-refractivity contribution in [3.05, 3.63) is 65.3 Å². The average Bonchev–Trinajstić information content (AvgIpc) is 2.62. The van der Waals surface area contributed by atoms with Crippen LogP contribution in [-0.4, -0.2) is 22.1 Å². The molecule has 0 aliphatic heterocycles. The number of aromatic hydroxyl groups is 1. The largest absolute Gasteiger partial charge is 0.507 e. The first-order valence-electron chi connectivity index (χ1n) is 7.22. The van der Waals surface area contributed by atoms with Crippen LogP contribution in [0.4, 0.5) is 37.7 Å². The van der Waals surface area contributed by atoms with Gasteiger partial charge in [0, 0.05) is 12.1 Å². The van der Waals surface area contributed by atoms with E-state index in [0.717, 1.165) is 13.2 Å². The summed E-state index contributed by atoms with van der Waals surface area (Å²) in [5.74, 6) is -0.950. The van der Waals surface area contributed by atoms with Crippen molar-refractivity contribution in [3.63, 3.8) is 0 Å². The maximum absolute atomic E-state index is 12.3. The minimum Gasteiger partial charge on any atom is -0.507 e. The number of alkyl halides is 6. The Morgan fingerprint density at radius 1 is 0.900 bits per heavy atom. The molecule has 30 heavy (non-hydrogen) atoms. The van der Waals surface area contributed by atoms with Gasteiger partial charge in [-0.15, -0.1) is 0 Å². The third kappa shape index (κ3) is 6.60. The molecular weight excluding hydrogens is 545 g/mol. The molecule has 0 heterocycles. The Morgan fingerprint density at radius 3 is 1.80 bits per heavy atom. The molecule has 2 aromatic rings. The van der Waals surface area contributed by atoms with Gasteiger partial charge in [-0.25, -0.2) is 0 Å². The van der Waals surface area contributed by atoms with Crippen LogP contribution in [0.3, 0.4) is 0 Å². The molecule has 0 aliphatic rings. The molecular formula is C15H9F6IN2O6. The second-order valence-electron chi connectivity index (χ2n) is 5.26. The molecule has 0 saturated carbocycles. The molecule has 1 N–H and O–H groups in total. The lowest BCUT2D eigenvalue weighted by molar-refractivity contribution is -0.386. The molecule has 0 saturated heterocycles. The number of halogens is 7. The molecule has 0 radical (unpaired) electrons.